The molecule has 1 aliphatic carbocycles. The Bertz CT molecular complexity index is 698. The number of benzene rings is 1. The minimum Gasteiger partial charge on any atom is -0.494 e. The minimum atomic E-state index is -0.668. The van der Waals surface area contributed by atoms with Gasteiger partial charge in [-0.3, -0.25) is 4.79 Å². The summed E-state index contributed by atoms with van der Waals surface area (Å²) in [6.45, 7) is 1.36. The first-order valence-corrected chi connectivity index (χ1v) is 8.30. The zero-order valence-corrected chi connectivity index (χ0v) is 13.8. The quantitative estimate of drug-likeness (QED) is 0.816. The highest BCUT2D eigenvalue weighted by atomic mass is 16.5. The van der Waals surface area contributed by atoms with Gasteiger partial charge in [-0.2, -0.15) is 5.10 Å². The van der Waals surface area contributed by atoms with Gasteiger partial charge in [0.2, 0.25) is 0 Å². The SMILES string of the molecule is COc1ccccc1-n1nccc1CNC[C@H]1CCC[C@H]1C(=O)O. The van der Waals surface area contributed by atoms with Gasteiger partial charge in [0.05, 0.1) is 18.7 Å². The molecule has 1 heterocycles. The number of carboxylic acids is 1. The van der Waals surface area contributed by atoms with Gasteiger partial charge < -0.3 is 15.2 Å². The van der Waals surface area contributed by atoms with Crippen LogP contribution >= 0.6 is 0 Å². The van der Waals surface area contributed by atoms with Crippen molar-refractivity contribution in [1.82, 2.24) is 15.1 Å². The lowest BCUT2D eigenvalue weighted by atomic mass is 9.96. The van der Waals surface area contributed by atoms with Crippen molar-refractivity contribution in [2.75, 3.05) is 13.7 Å². The lowest BCUT2D eigenvalue weighted by molar-refractivity contribution is -0.142. The third kappa shape index (κ3) is 3.43. The van der Waals surface area contributed by atoms with Crippen LogP contribution in [-0.2, 0) is 11.3 Å². The maximum Gasteiger partial charge on any atom is 0.306 e. The molecule has 6 heteroatoms. The van der Waals surface area contributed by atoms with E-state index in [1.807, 2.05) is 35.0 Å². The average molecular weight is 329 g/mol. The standard InChI is InChI=1S/C18H23N3O3/c1-24-17-8-3-2-7-16(17)21-14(9-10-20-21)12-19-11-13-5-4-6-15(13)18(22)23/h2-3,7-10,13,15,19H,4-6,11-12H2,1H3,(H,22,23)/t13-,15-/m1/s1. The topological polar surface area (TPSA) is 76.4 Å². The van der Waals surface area contributed by atoms with Gasteiger partial charge in [0.1, 0.15) is 11.4 Å². The van der Waals surface area contributed by atoms with Gasteiger partial charge in [0, 0.05) is 12.7 Å². The number of hydrogen-bond donors (Lipinski definition) is 2. The van der Waals surface area contributed by atoms with Crippen LogP contribution in [-0.4, -0.2) is 34.5 Å². The number of methoxy groups -OCH3 is 1. The summed E-state index contributed by atoms with van der Waals surface area (Å²) in [5.41, 5.74) is 1.91. The van der Waals surface area contributed by atoms with Crippen LogP contribution in [0.4, 0.5) is 0 Å². The molecule has 3 rings (SSSR count). The Kier molecular flexibility index (Phi) is 5.15. The number of rotatable bonds is 7. The van der Waals surface area contributed by atoms with E-state index in [0.29, 0.717) is 13.1 Å². The van der Waals surface area contributed by atoms with Crippen molar-refractivity contribution in [3.8, 4) is 11.4 Å². The number of hydrogen-bond acceptors (Lipinski definition) is 4. The lowest BCUT2D eigenvalue weighted by Gasteiger charge is -2.17. The van der Waals surface area contributed by atoms with Gasteiger partial charge in [-0.05, 0) is 43.5 Å². The van der Waals surface area contributed by atoms with Gasteiger partial charge in [-0.1, -0.05) is 18.6 Å². The van der Waals surface area contributed by atoms with Crippen LogP contribution in [0.25, 0.3) is 5.69 Å². The van der Waals surface area contributed by atoms with E-state index in [2.05, 4.69) is 10.4 Å². The molecule has 0 bridgehead atoms. The predicted molar refractivity (Wildman–Crippen MR) is 90.3 cm³/mol. The minimum absolute atomic E-state index is 0.211. The molecule has 0 amide bonds. The van der Waals surface area contributed by atoms with E-state index in [1.165, 1.54) is 0 Å². The monoisotopic (exact) mass is 329 g/mol. The number of nitrogens with zero attached hydrogens (tertiary/aromatic N) is 2. The maximum atomic E-state index is 11.3. The third-order valence-electron chi connectivity index (χ3n) is 4.72. The molecule has 0 radical (unpaired) electrons. The summed E-state index contributed by atoms with van der Waals surface area (Å²) in [5.74, 6) is 0.101. The van der Waals surface area contributed by atoms with Crippen LogP contribution in [0, 0.1) is 11.8 Å². The van der Waals surface area contributed by atoms with Crippen molar-refractivity contribution < 1.29 is 14.6 Å². The summed E-state index contributed by atoms with van der Waals surface area (Å²) in [4.78, 5) is 11.3. The number of para-hydroxylation sites is 2. The maximum absolute atomic E-state index is 11.3. The third-order valence-corrected chi connectivity index (χ3v) is 4.72. The van der Waals surface area contributed by atoms with Crippen molar-refractivity contribution in [3.63, 3.8) is 0 Å². The lowest BCUT2D eigenvalue weighted by Crippen LogP contribution is -2.29. The van der Waals surface area contributed by atoms with Crippen molar-refractivity contribution in [2.45, 2.75) is 25.8 Å². The molecule has 0 spiro atoms. The normalized spacial score (nSPS) is 20.2. The summed E-state index contributed by atoms with van der Waals surface area (Å²) in [6.07, 6.45) is 4.54. The van der Waals surface area contributed by atoms with Crippen molar-refractivity contribution in [1.29, 1.82) is 0 Å². The molecule has 2 atom stereocenters. The Labute approximate surface area is 141 Å². The van der Waals surface area contributed by atoms with Gasteiger partial charge >= 0.3 is 5.97 Å². The number of aromatic nitrogens is 2. The molecule has 2 N–H and O–H groups in total. The van der Waals surface area contributed by atoms with Crippen molar-refractivity contribution >= 4 is 5.97 Å². The Morgan fingerprint density at radius 3 is 3.00 bits per heavy atom. The van der Waals surface area contributed by atoms with Gasteiger partial charge in [0.25, 0.3) is 0 Å². The molecule has 1 saturated carbocycles. The molecule has 0 aliphatic heterocycles. The first kappa shape index (κ1) is 16.5. The Balaban J connectivity index is 1.65. The number of nitrogens with one attached hydrogen (secondary N) is 1. The van der Waals surface area contributed by atoms with Gasteiger partial charge in [0.15, 0.2) is 0 Å². The van der Waals surface area contributed by atoms with Gasteiger partial charge in [-0.25, -0.2) is 4.68 Å². The van der Waals surface area contributed by atoms with E-state index >= 15 is 0 Å². The fourth-order valence-corrected chi connectivity index (χ4v) is 3.48. The van der Waals surface area contributed by atoms with E-state index in [-0.39, 0.29) is 11.8 Å². The Morgan fingerprint density at radius 1 is 1.38 bits per heavy atom. The molecule has 1 aromatic carbocycles. The van der Waals surface area contributed by atoms with Crippen molar-refractivity contribution in [2.24, 2.45) is 11.8 Å². The van der Waals surface area contributed by atoms with Crippen LogP contribution in [0.3, 0.4) is 0 Å². The first-order chi connectivity index (χ1) is 11.7. The summed E-state index contributed by atoms with van der Waals surface area (Å²) in [5, 5.41) is 17.1. The fourth-order valence-electron chi connectivity index (χ4n) is 3.48. The summed E-state index contributed by atoms with van der Waals surface area (Å²) in [7, 11) is 1.65. The molecule has 1 aromatic heterocycles. The zero-order chi connectivity index (χ0) is 16.9. The van der Waals surface area contributed by atoms with E-state index in [0.717, 1.165) is 36.4 Å². The molecule has 6 nitrogen and oxygen atoms in total. The summed E-state index contributed by atoms with van der Waals surface area (Å²) in [6, 6.07) is 9.71. The Morgan fingerprint density at radius 2 is 2.21 bits per heavy atom. The highest BCUT2D eigenvalue weighted by Crippen LogP contribution is 2.31. The molecule has 0 unspecified atom stereocenters. The zero-order valence-electron chi connectivity index (χ0n) is 13.8. The first-order valence-electron chi connectivity index (χ1n) is 8.30. The fraction of sp³-hybridized carbons (Fsp3) is 0.444. The van der Waals surface area contributed by atoms with Crippen LogP contribution in [0.1, 0.15) is 25.0 Å². The molecule has 1 aliphatic rings. The van der Waals surface area contributed by atoms with Crippen LogP contribution in [0.5, 0.6) is 5.75 Å². The number of aliphatic carboxylic acids is 1. The van der Waals surface area contributed by atoms with E-state index < -0.39 is 5.97 Å². The molecular weight excluding hydrogens is 306 g/mol. The van der Waals surface area contributed by atoms with Crippen LogP contribution in [0.2, 0.25) is 0 Å². The second-order valence-corrected chi connectivity index (χ2v) is 6.17. The second kappa shape index (κ2) is 7.49. The van der Waals surface area contributed by atoms with Crippen LogP contribution in [0.15, 0.2) is 36.5 Å². The highest BCUT2D eigenvalue weighted by Gasteiger charge is 2.32. The number of ether oxygens (including phenoxy) is 1. The molecule has 1 fully saturated rings. The Hall–Kier alpha value is -2.34. The summed E-state index contributed by atoms with van der Waals surface area (Å²) < 4.78 is 7.26. The summed E-state index contributed by atoms with van der Waals surface area (Å²) >= 11 is 0. The van der Waals surface area contributed by atoms with E-state index in [1.54, 1.807) is 13.3 Å². The number of carboxylic acid groups (broad SMARTS) is 1. The molecule has 2 aromatic rings. The second-order valence-electron chi connectivity index (χ2n) is 6.17. The van der Waals surface area contributed by atoms with E-state index in [4.69, 9.17) is 4.74 Å². The number of carbonyl (C=O) groups is 1. The van der Waals surface area contributed by atoms with Crippen molar-refractivity contribution in [3.05, 3.63) is 42.2 Å². The predicted octanol–water partition coefficient (Wildman–Crippen LogP) is 2.47. The molecular formula is C18H23N3O3. The largest absolute Gasteiger partial charge is 0.494 e. The van der Waals surface area contributed by atoms with Gasteiger partial charge in [-0.15, -0.1) is 0 Å². The average Bonchev–Trinajstić information content (AvgIpc) is 3.24. The van der Waals surface area contributed by atoms with Crippen LogP contribution < -0.4 is 10.1 Å². The molecule has 128 valence electrons. The van der Waals surface area contributed by atoms with E-state index in [9.17, 15) is 9.90 Å². The smallest absolute Gasteiger partial charge is 0.306 e. The molecule has 0 saturated heterocycles. The highest BCUT2D eigenvalue weighted by molar-refractivity contribution is 5.70. The molecule has 24 heavy (non-hydrogen) atoms.